The molecular formula is C28H28ClF3N6O3S. The number of urea groups is 1. The molecule has 1 aliphatic heterocycles. The van der Waals surface area contributed by atoms with Crippen molar-refractivity contribution >= 4 is 49.9 Å². The van der Waals surface area contributed by atoms with Gasteiger partial charge in [0.25, 0.3) is 10.0 Å². The average molecular weight is 621 g/mol. The van der Waals surface area contributed by atoms with Gasteiger partial charge in [-0.2, -0.15) is 13.2 Å². The standard InChI is InChI=1S/C28H28ClF3N6O3S/c29-23-9-8-20(16-22(23)28(30,31)32)37-27(39)36-19-6-4-18(5-7-19)21-17-34-24-10-11-33-26(25(21)24)42(40,41)35-12-15-38-13-2-1-3-14-38/h4-11,16-17,34-35H,1-3,12-15H2,(H2,36,37,39). The first-order chi connectivity index (χ1) is 20.0. The maximum atomic E-state index is 13.3. The van der Waals surface area contributed by atoms with Crippen LogP contribution >= 0.6 is 11.6 Å². The third-order valence-electron chi connectivity index (χ3n) is 6.96. The van der Waals surface area contributed by atoms with Crippen molar-refractivity contribution in [3.8, 4) is 11.1 Å². The lowest BCUT2D eigenvalue weighted by Crippen LogP contribution is -2.37. The second kappa shape index (κ2) is 12.3. The number of pyridine rings is 1. The molecule has 3 heterocycles. The Labute approximate surface area is 245 Å². The first-order valence-electron chi connectivity index (χ1n) is 13.2. The van der Waals surface area contributed by atoms with Gasteiger partial charge < -0.3 is 20.5 Å². The van der Waals surface area contributed by atoms with E-state index < -0.39 is 32.8 Å². The molecule has 2 aromatic heterocycles. The van der Waals surface area contributed by atoms with E-state index in [-0.39, 0.29) is 17.3 Å². The van der Waals surface area contributed by atoms with Crippen LogP contribution in [0.15, 0.2) is 66.0 Å². The highest BCUT2D eigenvalue weighted by Crippen LogP contribution is 2.36. The molecule has 1 aliphatic rings. The van der Waals surface area contributed by atoms with Crippen molar-refractivity contribution in [3.05, 3.63) is 71.5 Å². The molecule has 1 fully saturated rings. The van der Waals surface area contributed by atoms with Crippen LogP contribution in [0.1, 0.15) is 24.8 Å². The normalized spacial score (nSPS) is 14.7. The number of fused-ring (bicyclic) bond motifs is 1. The molecule has 9 nitrogen and oxygen atoms in total. The number of nitrogens with zero attached hydrogens (tertiary/aromatic N) is 2. The van der Waals surface area contributed by atoms with Crippen LogP contribution in [0.2, 0.25) is 5.02 Å². The minimum absolute atomic E-state index is 0.0783. The Kier molecular flexibility index (Phi) is 8.73. The summed E-state index contributed by atoms with van der Waals surface area (Å²) in [5, 5.41) is 4.80. The molecule has 4 aromatic rings. The highest BCUT2D eigenvalue weighted by atomic mass is 35.5. The Hall–Kier alpha value is -3.65. The summed E-state index contributed by atoms with van der Waals surface area (Å²) in [6.45, 7) is 2.82. The van der Waals surface area contributed by atoms with Crippen molar-refractivity contribution in [2.75, 3.05) is 36.8 Å². The number of carbonyl (C=O) groups excluding carboxylic acids is 1. The summed E-state index contributed by atoms with van der Waals surface area (Å²) in [4.78, 5) is 22.0. The zero-order valence-electron chi connectivity index (χ0n) is 22.3. The topological polar surface area (TPSA) is 119 Å². The van der Waals surface area contributed by atoms with Crippen molar-refractivity contribution in [3.63, 3.8) is 0 Å². The second-order valence-corrected chi connectivity index (χ2v) is 12.0. The molecule has 1 saturated heterocycles. The number of H-pyrrole nitrogens is 1. The number of hydrogen-bond donors (Lipinski definition) is 4. The van der Waals surface area contributed by atoms with E-state index in [1.807, 2.05) is 0 Å². The number of aromatic amines is 1. The van der Waals surface area contributed by atoms with Crippen LogP contribution in [0.3, 0.4) is 0 Å². The molecule has 2 amide bonds. The van der Waals surface area contributed by atoms with E-state index in [0.717, 1.165) is 38.1 Å². The zero-order chi connectivity index (χ0) is 29.9. The number of sulfonamides is 1. The van der Waals surface area contributed by atoms with E-state index in [1.54, 1.807) is 36.5 Å². The summed E-state index contributed by atoms with van der Waals surface area (Å²) in [5.41, 5.74) is 1.10. The molecule has 2 aromatic carbocycles. The molecule has 0 radical (unpaired) electrons. The number of aromatic nitrogens is 2. The number of piperidine rings is 1. The maximum absolute atomic E-state index is 13.3. The largest absolute Gasteiger partial charge is 0.417 e. The predicted molar refractivity (Wildman–Crippen MR) is 156 cm³/mol. The lowest BCUT2D eigenvalue weighted by Gasteiger charge is -2.26. The van der Waals surface area contributed by atoms with Gasteiger partial charge in [-0.3, -0.25) is 0 Å². The van der Waals surface area contributed by atoms with E-state index in [2.05, 4.69) is 30.2 Å². The van der Waals surface area contributed by atoms with Gasteiger partial charge in [0.1, 0.15) is 0 Å². The molecule has 0 aliphatic carbocycles. The van der Waals surface area contributed by atoms with E-state index in [9.17, 15) is 26.4 Å². The van der Waals surface area contributed by atoms with Crippen LogP contribution in [0, 0.1) is 0 Å². The third-order valence-corrected chi connectivity index (χ3v) is 8.70. The van der Waals surface area contributed by atoms with Crippen LogP contribution in [0.5, 0.6) is 0 Å². The quantitative estimate of drug-likeness (QED) is 0.184. The first kappa shape index (κ1) is 29.8. The molecular weight excluding hydrogens is 593 g/mol. The van der Waals surface area contributed by atoms with E-state index in [1.165, 1.54) is 18.7 Å². The number of carbonyl (C=O) groups is 1. The smallest absolute Gasteiger partial charge is 0.360 e. The molecule has 0 atom stereocenters. The molecule has 0 saturated carbocycles. The number of amides is 2. The Morgan fingerprint density at radius 3 is 2.40 bits per heavy atom. The molecule has 14 heteroatoms. The fraction of sp³-hybridized carbons (Fsp3) is 0.286. The van der Waals surface area contributed by atoms with Gasteiger partial charge in [0.15, 0.2) is 5.03 Å². The number of anilines is 2. The van der Waals surface area contributed by atoms with Crippen molar-refractivity contribution in [1.82, 2.24) is 19.6 Å². The summed E-state index contributed by atoms with van der Waals surface area (Å²) >= 11 is 5.63. The van der Waals surface area contributed by atoms with Gasteiger partial charge in [0.05, 0.1) is 16.1 Å². The lowest BCUT2D eigenvalue weighted by molar-refractivity contribution is -0.137. The highest BCUT2D eigenvalue weighted by molar-refractivity contribution is 7.89. The molecule has 0 spiro atoms. The zero-order valence-corrected chi connectivity index (χ0v) is 23.8. The van der Waals surface area contributed by atoms with Gasteiger partial charge in [0.2, 0.25) is 0 Å². The maximum Gasteiger partial charge on any atom is 0.417 e. The minimum atomic E-state index is -4.67. The van der Waals surface area contributed by atoms with Crippen molar-refractivity contribution < 1.29 is 26.4 Å². The van der Waals surface area contributed by atoms with Gasteiger partial charge in [-0.1, -0.05) is 30.2 Å². The molecule has 5 rings (SSSR count). The predicted octanol–water partition coefficient (Wildman–Crippen LogP) is 6.31. The number of hydrogen-bond acceptors (Lipinski definition) is 5. The van der Waals surface area contributed by atoms with E-state index in [4.69, 9.17) is 11.6 Å². The van der Waals surface area contributed by atoms with Gasteiger partial charge in [-0.25, -0.2) is 22.9 Å². The summed E-state index contributed by atoms with van der Waals surface area (Å²) in [7, 11) is -3.91. The number of alkyl halides is 3. The van der Waals surface area contributed by atoms with Gasteiger partial charge >= 0.3 is 12.2 Å². The van der Waals surface area contributed by atoms with Crippen molar-refractivity contribution in [2.45, 2.75) is 30.5 Å². The number of halogens is 4. The van der Waals surface area contributed by atoms with Crippen molar-refractivity contribution in [1.29, 1.82) is 0 Å². The first-order valence-corrected chi connectivity index (χ1v) is 15.1. The fourth-order valence-corrected chi connectivity index (χ4v) is 6.32. The number of likely N-dealkylation sites (tertiary alicyclic amines) is 1. The van der Waals surface area contributed by atoms with Gasteiger partial charge in [0, 0.05) is 47.8 Å². The van der Waals surface area contributed by atoms with Crippen LogP contribution < -0.4 is 15.4 Å². The Bertz CT molecular complexity index is 1690. The van der Waals surface area contributed by atoms with Crippen LogP contribution in [-0.2, 0) is 16.2 Å². The average Bonchev–Trinajstić information content (AvgIpc) is 3.39. The van der Waals surface area contributed by atoms with Crippen molar-refractivity contribution in [2.24, 2.45) is 0 Å². The molecule has 0 bridgehead atoms. The SMILES string of the molecule is O=C(Nc1ccc(-c2c[nH]c3ccnc(S(=O)(=O)NCCN4CCCCC4)c23)cc1)Nc1ccc(Cl)c(C(F)(F)F)c1. The summed E-state index contributed by atoms with van der Waals surface area (Å²) < 4.78 is 68.6. The summed E-state index contributed by atoms with van der Waals surface area (Å²) in [6, 6.07) is 10.6. The van der Waals surface area contributed by atoms with E-state index in [0.29, 0.717) is 34.3 Å². The summed E-state index contributed by atoms with van der Waals surface area (Å²) in [6.07, 6.45) is 1.89. The van der Waals surface area contributed by atoms with Crippen LogP contribution in [0.4, 0.5) is 29.3 Å². The lowest BCUT2D eigenvalue weighted by atomic mass is 10.1. The number of nitrogens with one attached hydrogen (secondary N) is 4. The Morgan fingerprint density at radius 1 is 1.00 bits per heavy atom. The molecule has 0 unspecified atom stereocenters. The van der Waals surface area contributed by atoms with Crippen LogP contribution in [0.25, 0.3) is 22.0 Å². The number of benzene rings is 2. The van der Waals surface area contributed by atoms with Crippen LogP contribution in [-0.4, -0.2) is 55.5 Å². The van der Waals surface area contributed by atoms with Gasteiger partial charge in [-0.15, -0.1) is 0 Å². The van der Waals surface area contributed by atoms with E-state index >= 15 is 0 Å². The third kappa shape index (κ3) is 6.86. The summed E-state index contributed by atoms with van der Waals surface area (Å²) in [5.74, 6) is 0. The molecule has 222 valence electrons. The second-order valence-electron chi connectivity index (χ2n) is 9.89. The monoisotopic (exact) mass is 620 g/mol. The number of rotatable bonds is 8. The minimum Gasteiger partial charge on any atom is -0.360 e. The Balaban J connectivity index is 1.29. The molecule has 42 heavy (non-hydrogen) atoms. The highest BCUT2D eigenvalue weighted by Gasteiger charge is 2.33. The fourth-order valence-electron chi connectivity index (χ4n) is 4.91. The Morgan fingerprint density at radius 2 is 1.69 bits per heavy atom. The molecule has 4 N–H and O–H groups in total. The van der Waals surface area contributed by atoms with Gasteiger partial charge in [-0.05, 0) is 67.9 Å².